The number of aliphatic carboxylic acids is 1. The molecule has 11 heteroatoms. The van der Waals surface area contributed by atoms with Crippen molar-refractivity contribution in [3.8, 4) is 0 Å². The summed E-state index contributed by atoms with van der Waals surface area (Å²) in [5.41, 5.74) is 0.492. The Kier molecular flexibility index (Phi) is 4.51. The number of sulfonamides is 1. The smallest absolute Gasteiger partial charge is 0.393 e. The second-order valence-corrected chi connectivity index (χ2v) is 8.76. The fraction of sp³-hybridized carbons (Fsp3) is 0.545. The van der Waals surface area contributed by atoms with E-state index in [1.165, 1.54) is 6.07 Å². The Morgan fingerprint density at radius 1 is 1.45 bits per heavy atom. The van der Waals surface area contributed by atoms with E-state index in [1.807, 2.05) is 0 Å². The number of alkyl halides is 3. The molecule has 2 rings (SSSR count). The van der Waals surface area contributed by atoms with E-state index in [4.69, 9.17) is 16.7 Å². The zero-order valence-electron chi connectivity index (χ0n) is 11.1. The molecule has 124 valence electrons. The lowest BCUT2D eigenvalue weighted by Crippen LogP contribution is -2.34. The molecule has 22 heavy (non-hydrogen) atoms. The first-order valence-corrected chi connectivity index (χ1v) is 8.63. The van der Waals surface area contributed by atoms with Crippen molar-refractivity contribution in [3.63, 3.8) is 0 Å². The zero-order chi connectivity index (χ0) is 16.9. The first-order chi connectivity index (χ1) is 9.94. The molecule has 0 spiro atoms. The van der Waals surface area contributed by atoms with Crippen LogP contribution in [0.5, 0.6) is 0 Å². The number of nitrogens with zero attached hydrogens (tertiary/aromatic N) is 1. The second-order valence-electron chi connectivity index (χ2n) is 4.94. The predicted octanol–water partition coefficient (Wildman–Crippen LogP) is 2.59. The van der Waals surface area contributed by atoms with Gasteiger partial charge in [-0.3, -0.25) is 4.79 Å². The molecule has 0 bridgehead atoms. The number of carboxylic acids is 1. The molecule has 0 aliphatic carbocycles. The largest absolute Gasteiger partial charge is 0.481 e. The van der Waals surface area contributed by atoms with E-state index in [-0.39, 0.29) is 8.55 Å². The number of hydrogen-bond donors (Lipinski definition) is 1. The molecular formula is C11H11ClF3NO4S2. The van der Waals surface area contributed by atoms with Gasteiger partial charge in [-0.25, -0.2) is 8.42 Å². The van der Waals surface area contributed by atoms with Crippen LogP contribution >= 0.6 is 22.9 Å². The highest BCUT2D eigenvalue weighted by Crippen LogP contribution is 2.41. The average Bonchev–Trinajstić information content (AvgIpc) is 2.94. The molecule has 1 aromatic rings. The summed E-state index contributed by atoms with van der Waals surface area (Å²) in [5, 5.41) is 8.91. The molecule has 2 atom stereocenters. The summed E-state index contributed by atoms with van der Waals surface area (Å²) in [6.07, 6.45) is -4.78. The Hall–Kier alpha value is -0.840. The number of halogens is 4. The average molecular weight is 378 g/mol. The van der Waals surface area contributed by atoms with Gasteiger partial charge in [-0.05, 0) is 18.6 Å². The highest BCUT2D eigenvalue weighted by Gasteiger charge is 2.55. The van der Waals surface area contributed by atoms with Crippen molar-refractivity contribution in [2.45, 2.75) is 17.3 Å². The Balaban J connectivity index is 2.36. The topological polar surface area (TPSA) is 74.7 Å². The first-order valence-electron chi connectivity index (χ1n) is 6.00. The molecule has 0 amide bonds. The monoisotopic (exact) mass is 377 g/mol. The number of hydrogen-bond acceptors (Lipinski definition) is 4. The van der Waals surface area contributed by atoms with Gasteiger partial charge < -0.3 is 5.11 Å². The van der Waals surface area contributed by atoms with Crippen LogP contribution in [0.3, 0.4) is 0 Å². The fourth-order valence-electron chi connectivity index (χ4n) is 2.23. The highest BCUT2D eigenvalue weighted by molar-refractivity contribution is 7.91. The van der Waals surface area contributed by atoms with E-state index in [1.54, 1.807) is 6.92 Å². The van der Waals surface area contributed by atoms with Crippen LogP contribution < -0.4 is 0 Å². The minimum atomic E-state index is -4.78. The number of thiophene rings is 1. The van der Waals surface area contributed by atoms with E-state index in [2.05, 4.69) is 0 Å². The molecule has 1 fully saturated rings. The van der Waals surface area contributed by atoms with Gasteiger partial charge in [0.2, 0.25) is 0 Å². The summed E-state index contributed by atoms with van der Waals surface area (Å²) in [5.74, 6) is -5.71. The molecule has 0 aromatic carbocycles. The lowest BCUT2D eigenvalue weighted by Gasteiger charge is -2.18. The Labute approximate surface area is 133 Å². The third-order valence-electron chi connectivity index (χ3n) is 3.45. The molecule has 0 radical (unpaired) electrons. The number of aryl methyl sites for hydroxylation is 1. The van der Waals surface area contributed by atoms with Gasteiger partial charge in [0.25, 0.3) is 10.0 Å². The minimum Gasteiger partial charge on any atom is -0.481 e. The minimum absolute atomic E-state index is 0.193. The van der Waals surface area contributed by atoms with Gasteiger partial charge in [0.15, 0.2) is 0 Å². The van der Waals surface area contributed by atoms with Crippen molar-refractivity contribution < 1.29 is 31.5 Å². The molecule has 1 saturated heterocycles. The summed E-state index contributed by atoms with van der Waals surface area (Å²) in [7, 11) is -4.20. The third kappa shape index (κ3) is 3.10. The van der Waals surface area contributed by atoms with Gasteiger partial charge in [-0.1, -0.05) is 11.6 Å². The Morgan fingerprint density at radius 3 is 2.41 bits per heavy atom. The van der Waals surface area contributed by atoms with Crippen LogP contribution in [0.1, 0.15) is 5.56 Å². The molecule has 0 saturated carbocycles. The normalized spacial score (nSPS) is 23.9. The molecular weight excluding hydrogens is 367 g/mol. The summed E-state index contributed by atoms with van der Waals surface area (Å²) >= 11 is 6.52. The summed E-state index contributed by atoms with van der Waals surface area (Å²) in [4.78, 5) is 11.0. The maximum absolute atomic E-state index is 12.9. The van der Waals surface area contributed by atoms with Gasteiger partial charge in [-0.15, -0.1) is 11.3 Å². The van der Waals surface area contributed by atoms with Crippen LogP contribution in [0, 0.1) is 18.8 Å². The zero-order valence-corrected chi connectivity index (χ0v) is 13.5. The predicted molar refractivity (Wildman–Crippen MR) is 73.5 cm³/mol. The summed E-state index contributed by atoms with van der Waals surface area (Å²) in [6.45, 7) is -0.0474. The molecule has 0 unspecified atom stereocenters. The molecule has 2 heterocycles. The maximum atomic E-state index is 12.9. The second kappa shape index (κ2) is 5.66. The standard InChI is InChI=1S/C11H11ClF3NO4S2/c1-5-2-8(21-9(5)12)22(19,20)16-3-6(10(17)18)7(4-16)11(13,14)15/h2,6-7H,3-4H2,1H3,(H,17,18)/t6-,7-/m1/s1. The van der Waals surface area contributed by atoms with Crippen LogP contribution in [0.4, 0.5) is 13.2 Å². The van der Waals surface area contributed by atoms with Crippen LogP contribution in [-0.2, 0) is 14.8 Å². The Bertz CT molecular complexity index is 681. The quantitative estimate of drug-likeness (QED) is 0.878. The SMILES string of the molecule is Cc1cc(S(=O)(=O)N2C[C@@H](C(F)(F)F)[C@H](C(=O)O)C2)sc1Cl. The van der Waals surface area contributed by atoms with E-state index >= 15 is 0 Å². The maximum Gasteiger partial charge on any atom is 0.393 e. The lowest BCUT2D eigenvalue weighted by molar-refractivity contribution is -0.187. The van der Waals surface area contributed by atoms with E-state index < -0.39 is 47.1 Å². The van der Waals surface area contributed by atoms with Gasteiger partial charge >= 0.3 is 12.1 Å². The van der Waals surface area contributed by atoms with Gasteiger partial charge in [0, 0.05) is 13.1 Å². The van der Waals surface area contributed by atoms with Crippen molar-refractivity contribution in [1.29, 1.82) is 0 Å². The van der Waals surface area contributed by atoms with Crippen molar-refractivity contribution >= 4 is 38.9 Å². The van der Waals surface area contributed by atoms with Gasteiger partial charge in [-0.2, -0.15) is 17.5 Å². The molecule has 1 aromatic heterocycles. The van der Waals surface area contributed by atoms with Crippen molar-refractivity contribution in [2.24, 2.45) is 11.8 Å². The Morgan fingerprint density at radius 2 is 2.05 bits per heavy atom. The number of carboxylic acid groups (broad SMARTS) is 1. The van der Waals surface area contributed by atoms with Crippen molar-refractivity contribution in [3.05, 3.63) is 16.0 Å². The molecule has 5 nitrogen and oxygen atoms in total. The van der Waals surface area contributed by atoms with Crippen LogP contribution in [-0.4, -0.2) is 43.1 Å². The molecule has 1 aliphatic rings. The highest BCUT2D eigenvalue weighted by atomic mass is 35.5. The summed E-state index contributed by atoms with van der Waals surface area (Å²) in [6, 6.07) is 1.26. The lowest BCUT2D eigenvalue weighted by atomic mass is 9.96. The van der Waals surface area contributed by atoms with Crippen LogP contribution in [0.15, 0.2) is 10.3 Å². The number of rotatable bonds is 3. The molecule has 1 aliphatic heterocycles. The van der Waals surface area contributed by atoms with Gasteiger partial charge in [0.05, 0.1) is 16.2 Å². The van der Waals surface area contributed by atoms with E-state index in [0.29, 0.717) is 9.87 Å². The third-order valence-corrected chi connectivity index (χ3v) is 7.29. The number of carbonyl (C=O) groups is 1. The van der Waals surface area contributed by atoms with Gasteiger partial charge in [0.1, 0.15) is 4.21 Å². The van der Waals surface area contributed by atoms with Crippen LogP contribution in [0.25, 0.3) is 0 Å². The molecule has 1 N–H and O–H groups in total. The fourth-order valence-corrected chi connectivity index (χ4v) is 5.59. The van der Waals surface area contributed by atoms with Crippen molar-refractivity contribution in [2.75, 3.05) is 13.1 Å². The summed E-state index contributed by atoms with van der Waals surface area (Å²) < 4.78 is 64.0. The van der Waals surface area contributed by atoms with Crippen molar-refractivity contribution in [1.82, 2.24) is 4.31 Å². The van der Waals surface area contributed by atoms with Crippen LogP contribution in [0.2, 0.25) is 4.34 Å². The van der Waals surface area contributed by atoms with E-state index in [9.17, 15) is 26.4 Å². The first kappa shape index (κ1) is 17.5. The van der Waals surface area contributed by atoms with E-state index in [0.717, 1.165) is 11.3 Å².